The molecule has 0 aliphatic carbocycles. The molecule has 0 spiro atoms. The van der Waals surface area contributed by atoms with Crippen molar-refractivity contribution >= 4 is 11.9 Å². The summed E-state index contributed by atoms with van der Waals surface area (Å²) in [6, 6.07) is 11.9. The molecule has 2 aromatic heterocycles. The Morgan fingerprint density at radius 3 is 2.56 bits per heavy atom. The maximum Gasteiger partial charge on any atom is 0.151 e. The lowest BCUT2D eigenvalue weighted by molar-refractivity contribution is 0.112. The number of hydrogen-bond acceptors (Lipinski definition) is 2. The summed E-state index contributed by atoms with van der Waals surface area (Å²) < 4.78 is 1.87. The summed E-state index contributed by atoms with van der Waals surface area (Å²) in [6.45, 7) is 2.06. The molecular weight excluding hydrogens is 224 g/mol. The van der Waals surface area contributed by atoms with E-state index in [-0.39, 0.29) is 0 Å². The fraction of sp³-hybridized carbons (Fsp3) is 0.0667. The van der Waals surface area contributed by atoms with Crippen molar-refractivity contribution in [3.63, 3.8) is 0 Å². The van der Waals surface area contributed by atoms with Gasteiger partial charge in [0.2, 0.25) is 0 Å². The van der Waals surface area contributed by atoms with Gasteiger partial charge in [-0.3, -0.25) is 4.79 Å². The number of aromatic nitrogens is 2. The van der Waals surface area contributed by atoms with Crippen LogP contribution in [-0.4, -0.2) is 15.7 Å². The number of nitrogens with zero attached hydrogens (tertiary/aromatic N) is 2. The number of imidazole rings is 1. The van der Waals surface area contributed by atoms with Crippen LogP contribution < -0.4 is 0 Å². The summed E-state index contributed by atoms with van der Waals surface area (Å²) in [4.78, 5) is 15.3. The fourth-order valence-electron chi connectivity index (χ4n) is 1.94. The SMILES string of the molecule is Cc1ccc(-c2cn3cc(C=O)ccc3n2)cc1. The van der Waals surface area contributed by atoms with Gasteiger partial charge in [-0.25, -0.2) is 4.98 Å². The Bertz CT molecular complexity index is 711. The Kier molecular flexibility index (Phi) is 2.45. The predicted molar refractivity (Wildman–Crippen MR) is 70.8 cm³/mol. The highest BCUT2D eigenvalue weighted by atomic mass is 16.1. The molecule has 0 saturated carbocycles. The molecular formula is C15H12N2O. The smallest absolute Gasteiger partial charge is 0.151 e. The summed E-state index contributed by atoms with van der Waals surface area (Å²) in [5, 5.41) is 0. The van der Waals surface area contributed by atoms with Gasteiger partial charge in [0.05, 0.1) is 5.69 Å². The third-order valence-electron chi connectivity index (χ3n) is 2.96. The van der Waals surface area contributed by atoms with Crippen LogP contribution in [0.25, 0.3) is 16.9 Å². The first-order valence-electron chi connectivity index (χ1n) is 5.77. The van der Waals surface area contributed by atoms with Gasteiger partial charge in [-0.2, -0.15) is 0 Å². The molecule has 0 amide bonds. The first-order valence-corrected chi connectivity index (χ1v) is 5.77. The molecule has 0 unspecified atom stereocenters. The van der Waals surface area contributed by atoms with Gasteiger partial charge in [0.15, 0.2) is 6.29 Å². The summed E-state index contributed by atoms with van der Waals surface area (Å²) in [6.07, 6.45) is 4.56. The molecule has 0 N–H and O–H groups in total. The van der Waals surface area contributed by atoms with Gasteiger partial charge in [0, 0.05) is 23.5 Å². The van der Waals surface area contributed by atoms with E-state index in [0.717, 1.165) is 23.2 Å². The maximum atomic E-state index is 10.7. The van der Waals surface area contributed by atoms with E-state index in [1.54, 1.807) is 12.3 Å². The van der Waals surface area contributed by atoms with Crippen molar-refractivity contribution in [2.45, 2.75) is 6.92 Å². The molecule has 3 heteroatoms. The Balaban J connectivity index is 2.12. The van der Waals surface area contributed by atoms with Crippen molar-refractivity contribution in [3.05, 3.63) is 59.9 Å². The van der Waals surface area contributed by atoms with E-state index in [1.165, 1.54) is 5.56 Å². The molecule has 3 aromatic rings. The molecule has 0 bridgehead atoms. The van der Waals surface area contributed by atoms with Crippen LogP contribution in [-0.2, 0) is 0 Å². The molecule has 0 saturated heterocycles. The monoisotopic (exact) mass is 236 g/mol. The topological polar surface area (TPSA) is 34.4 Å². The van der Waals surface area contributed by atoms with E-state index in [9.17, 15) is 4.79 Å². The van der Waals surface area contributed by atoms with Crippen LogP contribution in [0.15, 0.2) is 48.8 Å². The highest BCUT2D eigenvalue weighted by Crippen LogP contribution is 2.19. The average molecular weight is 236 g/mol. The lowest BCUT2D eigenvalue weighted by Crippen LogP contribution is -1.86. The van der Waals surface area contributed by atoms with Gasteiger partial charge < -0.3 is 4.40 Å². The lowest BCUT2D eigenvalue weighted by atomic mass is 10.1. The number of fused-ring (bicyclic) bond motifs is 1. The number of aldehydes is 1. The second-order valence-electron chi connectivity index (χ2n) is 4.34. The van der Waals surface area contributed by atoms with Gasteiger partial charge >= 0.3 is 0 Å². The second-order valence-corrected chi connectivity index (χ2v) is 4.34. The summed E-state index contributed by atoms with van der Waals surface area (Å²) in [5.74, 6) is 0. The van der Waals surface area contributed by atoms with Crippen LogP contribution in [0, 0.1) is 6.92 Å². The number of benzene rings is 1. The maximum absolute atomic E-state index is 10.7. The Labute approximate surface area is 105 Å². The van der Waals surface area contributed by atoms with Crippen molar-refractivity contribution in [2.75, 3.05) is 0 Å². The largest absolute Gasteiger partial charge is 0.306 e. The lowest BCUT2D eigenvalue weighted by Gasteiger charge is -1.96. The van der Waals surface area contributed by atoms with E-state index in [0.29, 0.717) is 5.56 Å². The number of pyridine rings is 1. The van der Waals surface area contributed by atoms with Gasteiger partial charge in [-0.15, -0.1) is 0 Å². The molecule has 1 aromatic carbocycles. The van der Waals surface area contributed by atoms with Crippen molar-refractivity contribution in [2.24, 2.45) is 0 Å². The normalized spacial score (nSPS) is 10.7. The number of carbonyl (C=O) groups is 1. The zero-order chi connectivity index (χ0) is 12.5. The number of carbonyl (C=O) groups excluding carboxylic acids is 1. The number of hydrogen-bond donors (Lipinski definition) is 0. The molecule has 0 radical (unpaired) electrons. The van der Waals surface area contributed by atoms with E-state index in [4.69, 9.17) is 0 Å². The van der Waals surface area contributed by atoms with E-state index in [1.807, 2.05) is 16.7 Å². The quantitative estimate of drug-likeness (QED) is 0.641. The van der Waals surface area contributed by atoms with E-state index < -0.39 is 0 Å². The van der Waals surface area contributed by atoms with Crippen LogP contribution in [0.1, 0.15) is 15.9 Å². The first-order chi connectivity index (χ1) is 8.76. The molecule has 0 aliphatic heterocycles. The van der Waals surface area contributed by atoms with Crippen LogP contribution in [0.2, 0.25) is 0 Å². The summed E-state index contributed by atoms with van der Waals surface area (Å²) in [5.41, 5.74) is 4.72. The highest BCUT2D eigenvalue weighted by Gasteiger charge is 2.04. The summed E-state index contributed by atoms with van der Waals surface area (Å²) >= 11 is 0. The minimum atomic E-state index is 0.648. The summed E-state index contributed by atoms with van der Waals surface area (Å²) in [7, 11) is 0. The van der Waals surface area contributed by atoms with Gasteiger partial charge in [-0.1, -0.05) is 29.8 Å². The molecule has 3 rings (SSSR count). The van der Waals surface area contributed by atoms with Gasteiger partial charge in [-0.05, 0) is 19.1 Å². The van der Waals surface area contributed by atoms with Crippen molar-refractivity contribution < 1.29 is 4.79 Å². The Hall–Kier alpha value is -2.42. The fourth-order valence-corrected chi connectivity index (χ4v) is 1.94. The first kappa shape index (κ1) is 10.7. The Morgan fingerprint density at radius 1 is 1.06 bits per heavy atom. The van der Waals surface area contributed by atoms with Crippen LogP contribution >= 0.6 is 0 Å². The average Bonchev–Trinajstić information content (AvgIpc) is 2.82. The highest BCUT2D eigenvalue weighted by molar-refractivity contribution is 5.75. The molecule has 88 valence electrons. The molecule has 0 atom stereocenters. The number of rotatable bonds is 2. The van der Waals surface area contributed by atoms with Gasteiger partial charge in [0.25, 0.3) is 0 Å². The second kappa shape index (κ2) is 4.11. The minimum absolute atomic E-state index is 0.648. The molecule has 0 aliphatic rings. The van der Waals surface area contributed by atoms with Crippen molar-refractivity contribution in [3.8, 4) is 11.3 Å². The third-order valence-corrected chi connectivity index (χ3v) is 2.96. The van der Waals surface area contributed by atoms with Gasteiger partial charge in [0.1, 0.15) is 5.65 Å². The standard InChI is InChI=1S/C15H12N2O/c1-11-2-5-13(6-3-11)14-9-17-8-12(10-18)4-7-15(17)16-14/h2-10H,1H3. The molecule has 3 nitrogen and oxygen atoms in total. The van der Waals surface area contributed by atoms with E-state index in [2.05, 4.69) is 36.2 Å². The predicted octanol–water partition coefficient (Wildman–Crippen LogP) is 3.12. The molecule has 2 heterocycles. The molecule has 0 fully saturated rings. The minimum Gasteiger partial charge on any atom is -0.306 e. The molecule has 18 heavy (non-hydrogen) atoms. The third kappa shape index (κ3) is 1.80. The van der Waals surface area contributed by atoms with Crippen LogP contribution in [0.4, 0.5) is 0 Å². The zero-order valence-corrected chi connectivity index (χ0v) is 10.00. The van der Waals surface area contributed by atoms with Crippen LogP contribution in [0.5, 0.6) is 0 Å². The van der Waals surface area contributed by atoms with E-state index >= 15 is 0 Å². The zero-order valence-electron chi connectivity index (χ0n) is 10.00. The van der Waals surface area contributed by atoms with Crippen molar-refractivity contribution in [1.82, 2.24) is 9.38 Å². The Morgan fingerprint density at radius 2 is 1.83 bits per heavy atom. The van der Waals surface area contributed by atoms with Crippen molar-refractivity contribution in [1.29, 1.82) is 0 Å². The van der Waals surface area contributed by atoms with Crippen LogP contribution in [0.3, 0.4) is 0 Å². The number of aryl methyl sites for hydroxylation is 1.